The Morgan fingerprint density at radius 3 is 2.97 bits per heavy atom. The molecule has 1 aliphatic heterocycles. The van der Waals surface area contributed by atoms with E-state index >= 15 is 0 Å². The maximum Gasteiger partial charge on any atom is 0.246 e. The Morgan fingerprint density at radius 1 is 1.29 bits per heavy atom. The van der Waals surface area contributed by atoms with E-state index in [1.807, 2.05) is 29.3 Å². The highest BCUT2D eigenvalue weighted by molar-refractivity contribution is 5.89. The van der Waals surface area contributed by atoms with Crippen LogP contribution in [0.1, 0.15) is 36.4 Å². The minimum atomic E-state index is -0.574. The molecular formula is C23H24FN9O. The lowest BCUT2D eigenvalue weighted by molar-refractivity contribution is -0.119. The number of rotatable bonds is 7. The van der Waals surface area contributed by atoms with Crippen LogP contribution in [-0.2, 0) is 11.2 Å². The number of Topliss-reactive ketones (excluding diaryl/α,β-unsaturated/α-hetero) is 1. The van der Waals surface area contributed by atoms with E-state index in [1.54, 1.807) is 10.6 Å². The lowest BCUT2D eigenvalue weighted by Gasteiger charge is -2.24. The van der Waals surface area contributed by atoms with Crippen LogP contribution in [0.2, 0.25) is 0 Å². The first-order valence-electron chi connectivity index (χ1n) is 11.4. The van der Waals surface area contributed by atoms with Crippen LogP contribution >= 0.6 is 0 Å². The molecule has 11 heteroatoms. The summed E-state index contributed by atoms with van der Waals surface area (Å²) in [5.41, 5.74) is 8.82. The molecule has 0 spiro atoms. The molecule has 174 valence electrons. The molecule has 2 fully saturated rings. The summed E-state index contributed by atoms with van der Waals surface area (Å²) in [5, 5.41) is 15.4. The number of carbonyl (C=O) groups is 1. The van der Waals surface area contributed by atoms with Gasteiger partial charge in [0, 0.05) is 49.1 Å². The number of aromatic amines is 1. The predicted octanol–water partition coefficient (Wildman–Crippen LogP) is 2.33. The van der Waals surface area contributed by atoms with Gasteiger partial charge in [-0.25, -0.2) is 9.50 Å². The Balaban J connectivity index is 1.29. The van der Waals surface area contributed by atoms with E-state index in [4.69, 9.17) is 10.7 Å². The number of pyridine rings is 1. The summed E-state index contributed by atoms with van der Waals surface area (Å²) in [6.45, 7) is 0.457. The largest absolute Gasteiger partial charge is 0.328 e. The highest BCUT2D eigenvalue weighted by Crippen LogP contribution is 2.39. The minimum absolute atomic E-state index is 0.0338. The zero-order valence-electron chi connectivity index (χ0n) is 18.4. The monoisotopic (exact) mass is 461 g/mol. The second-order valence-corrected chi connectivity index (χ2v) is 9.00. The number of hydrogen-bond acceptors (Lipinski definition) is 8. The van der Waals surface area contributed by atoms with Gasteiger partial charge in [-0.05, 0) is 43.0 Å². The van der Waals surface area contributed by atoms with Gasteiger partial charge in [0.2, 0.25) is 11.9 Å². The van der Waals surface area contributed by atoms with Gasteiger partial charge in [-0.1, -0.05) is 6.07 Å². The first-order valence-corrected chi connectivity index (χ1v) is 11.4. The highest BCUT2D eigenvalue weighted by atomic mass is 19.1. The van der Waals surface area contributed by atoms with Crippen LogP contribution in [0.3, 0.4) is 0 Å². The molecule has 6 rings (SSSR count). The van der Waals surface area contributed by atoms with Crippen LogP contribution < -0.4 is 16.0 Å². The van der Waals surface area contributed by atoms with Crippen LogP contribution in [0.4, 0.5) is 22.0 Å². The van der Waals surface area contributed by atoms with Gasteiger partial charge in [0.05, 0.1) is 6.04 Å². The molecule has 2 aliphatic rings. The van der Waals surface area contributed by atoms with Crippen molar-refractivity contribution in [2.45, 2.75) is 43.7 Å². The van der Waals surface area contributed by atoms with Crippen molar-refractivity contribution in [3.8, 4) is 0 Å². The zero-order chi connectivity index (χ0) is 23.2. The number of fused-ring (bicyclic) bond motifs is 1. The van der Waals surface area contributed by atoms with Gasteiger partial charge in [0.1, 0.15) is 5.52 Å². The van der Waals surface area contributed by atoms with E-state index < -0.39 is 12.0 Å². The molecule has 1 saturated carbocycles. The number of nitrogens with two attached hydrogens (primary N) is 1. The topological polar surface area (TPSA) is 130 Å². The number of ketones is 1. The average Bonchev–Trinajstić information content (AvgIpc) is 3.20. The molecule has 34 heavy (non-hydrogen) atoms. The molecular weight excluding hydrogens is 437 g/mol. The second-order valence-electron chi connectivity index (χ2n) is 9.00. The Hall–Kier alpha value is -3.86. The molecule has 10 nitrogen and oxygen atoms in total. The Morgan fingerprint density at radius 2 is 2.18 bits per heavy atom. The third kappa shape index (κ3) is 3.98. The SMILES string of the molecule is N[C@H]1C[C@@H](C(=O)Cc2ccc(F)nc2)N(c2nc(Nc3cc(C4CC4)[nH]n3)c3cccn3n2)C1. The summed E-state index contributed by atoms with van der Waals surface area (Å²) in [6.07, 6.45) is 6.21. The van der Waals surface area contributed by atoms with Gasteiger partial charge in [-0.2, -0.15) is 14.5 Å². The molecule has 0 amide bonds. The van der Waals surface area contributed by atoms with Gasteiger partial charge >= 0.3 is 0 Å². The number of halogens is 1. The average molecular weight is 462 g/mol. The van der Waals surface area contributed by atoms with E-state index in [9.17, 15) is 9.18 Å². The van der Waals surface area contributed by atoms with Crippen molar-refractivity contribution in [1.82, 2.24) is 29.8 Å². The van der Waals surface area contributed by atoms with Gasteiger partial charge in [0.15, 0.2) is 17.4 Å². The quantitative estimate of drug-likeness (QED) is 0.358. The zero-order valence-corrected chi connectivity index (χ0v) is 18.4. The van der Waals surface area contributed by atoms with Crippen molar-refractivity contribution in [3.63, 3.8) is 0 Å². The normalized spacial score (nSPS) is 20.2. The number of anilines is 3. The van der Waals surface area contributed by atoms with Crippen LogP contribution in [0.25, 0.3) is 5.52 Å². The number of carbonyl (C=O) groups excluding carboxylic acids is 1. The number of hydrogen-bond donors (Lipinski definition) is 3. The second kappa shape index (κ2) is 8.17. The summed E-state index contributed by atoms with van der Waals surface area (Å²) in [6, 6.07) is 7.98. The summed E-state index contributed by atoms with van der Waals surface area (Å²) in [7, 11) is 0. The fraction of sp³-hybridized carbons (Fsp3) is 0.348. The van der Waals surface area contributed by atoms with Gasteiger partial charge < -0.3 is 16.0 Å². The molecule has 1 saturated heterocycles. The highest BCUT2D eigenvalue weighted by Gasteiger charge is 2.37. The van der Waals surface area contributed by atoms with Crippen molar-refractivity contribution in [1.29, 1.82) is 0 Å². The van der Waals surface area contributed by atoms with Crippen LogP contribution in [0.5, 0.6) is 0 Å². The molecule has 4 aromatic rings. The fourth-order valence-corrected chi connectivity index (χ4v) is 4.49. The molecule has 4 N–H and O–H groups in total. The van der Waals surface area contributed by atoms with Crippen molar-refractivity contribution in [2.75, 3.05) is 16.8 Å². The number of nitrogens with one attached hydrogen (secondary N) is 2. The van der Waals surface area contributed by atoms with Crippen LogP contribution in [-0.4, -0.2) is 54.2 Å². The first kappa shape index (κ1) is 20.7. The van der Waals surface area contributed by atoms with Gasteiger partial charge in [-0.15, -0.1) is 5.10 Å². The van der Waals surface area contributed by atoms with Crippen LogP contribution in [0.15, 0.2) is 42.7 Å². The van der Waals surface area contributed by atoms with Crippen molar-refractivity contribution in [3.05, 3.63) is 59.9 Å². The molecule has 0 bridgehead atoms. The first-order chi connectivity index (χ1) is 16.5. The molecule has 0 unspecified atom stereocenters. The van der Waals surface area contributed by atoms with E-state index in [2.05, 4.69) is 25.6 Å². The molecule has 0 radical (unpaired) electrons. The fourth-order valence-electron chi connectivity index (χ4n) is 4.49. The van der Waals surface area contributed by atoms with Crippen molar-refractivity contribution in [2.24, 2.45) is 5.73 Å². The van der Waals surface area contributed by atoms with Gasteiger partial charge in [0.25, 0.3) is 0 Å². The number of H-pyrrole nitrogens is 1. The summed E-state index contributed by atoms with van der Waals surface area (Å²) in [5.74, 6) is 1.64. The van der Waals surface area contributed by atoms with E-state index in [-0.39, 0.29) is 18.2 Å². The maximum atomic E-state index is 13.2. The minimum Gasteiger partial charge on any atom is -0.328 e. The number of nitrogens with zero attached hydrogens (tertiary/aromatic N) is 6. The van der Waals surface area contributed by atoms with Gasteiger partial charge in [-0.3, -0.25) is 9.89 Å². The predicted molar refractivity (Wildman–Crippen MR) is 123 cm³/mol. The maximum absolute atomic E-state index is 13.2. The Bertz CT molecular complexity index is 1340. The molecule has 2 atom stereocenters. The van der Waals surface area contributed by atoms with E-state index in [0.29, 0.717) is 42.0 Å². The van der Waals surface area contributed by atoms with E-state index in [1.165, 1.54) is 25.1 Å². The Labute approximate surface area is 194 Å². The smallest absolute Gasteiger partial charge is 0.246 e. The molecule has 1 aliphatic carbocycles. The third-order valence-electron chi connectivity index (χ3n) is 6.37. The molecule has 4 aromatic heterocycles. The molecule has 5 heterocycles. The number of aromatic nitrogens is 6. The van der Waals surface area contributed by atoms with E-state index in [0.717, 1.165) is 11.2 Å². The molecule has 0 aromatic carbocycles. The summed E-state index contributed by atoms with van der Waals surface area (Å²) >= 11 is 0. The lowest BCUT2D eigenvalue weighted by Crippen LogP contribution is -2.38. The standard InChI is InChI=1S/C23H24FN9O/c24-20-6-3-13(11-26-20)8-19(34)18-9-15(25)12-32(18)23-28-22(17-2-1-7-33(17)31-23)27-21-10-16(29-30-21)14-4-5-14/h1-3,6-7,10-11,14-15,18H,4-5,8-9,12,25H2,(H2,27,28,29,30,31)/t15-,18-/m0/s1. The third-order valence-corrected chi connectivity index (χ3v) is 6.37. The summed E-state index contributed by atoms with van der Waals surface area (Å²) in [4.78, 5) is 23.4. The Kier molecular flexibility index (Phi) is 4.98. The van der Waals surface area contributed by atoms with Crippen LogP contribution in [0, 0.1) is 5.95 Å². The van der Waals surface area contributed by atoms with Crippen molar-refractivity contribution < 1.29 is 9.18 Å². The van der Waals surface area contributed by atoms with Crippen molar-refractivity contribution >= 4 is 28.9 Å². The lowest BCUT2D eigenvalue weighted by atomic mass is 10.0. The summed E-state index contributed by atoms with van der Waals surface area (Å²) < 4.78 is 14.9.